The smallest absolute Gasteiger partial charge is 0.338 e. The van der Waals surface area contributed by atoms with Crippen molar-refractivity contribution >= 4 is 46.4 Å². The summed E-state index contributed by atoms with van der Waals surface area (Å²) in [6, 6.07) is 18.5. The molecule has 1 amide bonds. The maximum absolute atomic E-state index is 14.4. The molecule has 3 aliphatic rings. The molecule has 3 aliphatic heterocycles. The highest BCUT2D eigenvalue weighted by molar-refractivity contribution is 6.31. The second kappa shape index (κ2) is 9.44. The fraction of sp³-hybridized carbons (Fsp3) is 0.310. The Kier molecular flexibility index (Phi) is 6.07. The highest BCUT2D eigenvalue weighted by Crippen LogP contribution is 2.49. The van der Waals surface area contributed by atoms with E-state index in [-0.39, 0.29) is 11.9 Å². The molecule has 0 radical (unpaired) electrons. The number of aromatic nitrogens is 1. The molecule has 0 bridgehead atoms. The zero-order chi connectivity index (χ0) is 26.4. The number of pyridine rings is 1. The molecule has 4 heterocycles. The summed E-state index contributed by atoms with van der Waals surface area (Å²) in [5.41, 5.74) is 3.13. The average Bonchev–Trinajstić information content (AvgIpc) is 3.19. The fourth-order valence-corrected chi connectivity index (χ4v) is 6.12. The van der Waals surface area contributed by atoms with Gasteiger partial charge in [0.25, 0.3) is 5.91 Å². The molecule has 1 saturated heterocycles. The van der Waals surface area contributed by atoms with E-state index in [1.165, 1.54) is 5.01 Å². The first-order chi connectivity index (χ1) is 18.4. The minimum Gasteiger partial charge on any atom is -0.462 e. The topological polar surface area (TPSA) is 78.3 Å². The number of fused-ring (bicyclic) bond motifs is 4. The number of amides is 1. The third-order valence-corrected chi connectivity index (χ3v) is 8.08. The molecule has 0 saturated carbocycles. The number of hydrazone groups is 1. The Morgan fingerprint density at radius 1 is 1.13 bits per heavy atom. The van der Waals surface area contributed by atoms with Crippen molar-refractivity contribution < 1.29 is 14.3 Å². The lowest BCUT2D eigenvalue weighted by Crippen LogP contribution is -2.67. The predicted octanol–water partition coefficient (Wildman–Crippen LogP) is 4.57. The van der Waals surface area contributed by atoms with Crippen LogP contribution < -0.4 is 14.8 Å². The van der Waals surface area contributed by atoms with Crippen molar-refractivity contribution in [2.24, 2.45) is 10.5 Å². The number of rotatable bonds is 4. The van der Waals surface area contributed by atoms with Crippen LogP contribution in [0.5, 0.6) is 0 Å². The van der Waals surface area contributed by atoms with E-state index >= 15 is 0 Å². The minimum absolute atomic E-state index is 0.0719. The van der Waals surface area contributed by atoms with E-state index in [2.05, 4.69) is 14.8 Å². The summed E-state index contributed by atoms with van der Waals surface area (Å²) in [7, 11) is 0. The molecule has 2 atom stereocenters. The first kappa shape index (κ1) is 24.4. The number of carbonyl (C=O) groups excluding carboxylic acids is 2. The number of benzene rings is 2. The maximum atomic E-state index is 14.4. The number of anilines is 3. The van der Waals surface area contributed by atoms with Gasteiger partial charge in [0.05, 0.1) is 29.6 Å². The van der Waals surface area contributed by atoms with Crippen molar-refractivity contribution in [2.75, 3.05) is 41.0 Å². The molecular weight excluding hydrogens is 502 g/mol. The molecule has 1 fully saturated rings. The van der Waals surface area contributed by atoms with Gasteiger partial charge in [-0.2, -0.15) is 10.1 Å². The van der Waals surface area contributed by atoms with Crippen LogP contribution in [0.25, 0.3) is 0 Å². The van der Waals surface area contributed by atoms with Crippen LogP contribution in [0.1, 0.15) is 29.8 Å². The summed E-state index contributed by atoms with van der Waals surface area (Å²) in [5.74, 6) is 0.431. The third-order valence-electron chi connectivity index (χ3n) is 7.84. The molecule has 38 heavy (non-hydrogen) atoms. The number of nitrogens with zero attached hydrogens (tertiary/aromatic N) is 5. The minimum atomic E-state index is -0.853. The second-order valence-electron chi connectivity index (χ2n) is 9.83. The first-order valence-electron chi connectivity index (χ1n) is 12.8. The molecule has 0 aliphatic carbocycles. The zero-order valence-electron chi connectivity index (χ0n) is 21.3. The largest absolute Gasteiger partial charge is 0.462 e. The number of esters is 1. The van der Waals surface area contributed by atoms with E-state index in [9.17, 15) is 9.59 Å². The normalized spacial score (nSPS) is 22.3. The standard InChI is InChI=1S/C29H28ClN5O3/c1-3-38-27(36)20-8-11-23(12-9-20)35-28(37)29(19(2)32-35)17-21-7-10-22(30)16-24(21)34-15-14-33(18-25(29)34)26-6-4-5-13-31-26/h4-13,16,25H,3,14-15,17-18H2,1-2H3/t25-,29+/m1/s1. The molecule has 0 N–H and O–H groups in total. The van der Waals surface area contributed by atoms with E-state index in [0.717, 1.165) is 35.9 Å². The Balaban J connectivity index is 1.39. The second-order valence-corrected chi connectivity index (χ2v) is 10.3. The van der Waals surface area contributed by atoms with Gasteiger partial charge in [-0.15, -0.1) is 0 Å². The number of carbonyl (C=O) groups is 2. The van der Waals surface area contributed by atoms with Gasteiger partial charge in [0.15, 0.2) is 0 Å². The van der Waals surface area contributed by atoms with Gasteiger partial charge in [0.1, 0.15) is 11.2 Å². The summed E-state index contributed by atoms with van der Waals surface area (Å²) < 4.78 is 5.10. The van der Waals surface area contributed by atoms with Crippen LogP contribution in [0.2, 0.25) is 5.02 Å². The Labute approximate surface area is 226 Å². The summed E-state index contributed by atoms with van der Waals surface area (Å²) in [4.78, 5) is 35.7. The Hall–Kier alpha value is -3.91. The van der Waals surface area contributed by atoms with E-state index in [0.29, 0.717) is 35.8 Å². The average molecular weight is 530 g/mol. The molecule has 6 rings (SSSR count). The molecule has 8 nitrogen and oxygen atoms in total. The van der Waals surface area contributed by atoms with Crippen molar-refractivity contribution in [3.8, 4) is 0 Å². The van der Waals surface area contributed by atoms with E-state index < -0.39 is 11.4 Å². The van der Waals surface area contributed by atoms with Crippen LogP contribution in [0, 0.1) is 5.41 Å². The highest BCUT2D eigenvalue weighted by Gasteiger charge is 2.60. The van der Waals surface area contributed by atoms with Gasteiger partial charge in [-0.1, -0.05) is 23.7 Å². The Morgan fingerprint density at radius 2 is 1.95 bits per heavy atom. The van der Waals surface area contributed by atoms with Gasteiger partial charge in [-0.25, -0.2) is 9.78 Å². The summed E-state index contributed by atoms with van der Waals surface area (Å²) in [5, 5.41) is 6.97. The van der Waals surface area contributed by atoms with Crippen LogP contribution in [-0.4, -0.2) is 54.9 Å². The van der Waals surface area contributed by atoms with Gasteiger partial charge in [-0.3, -0.25) is 4.79 Å². The van der Waals surface area contributed by atoms with Crippen molar-refractivity contribution in [2.45, 2.75) is 26.3 Å². The van der Waals surface area contributed by atoms with Crippen LogP contribution in [0.4, 0.5) is 17.2 Å². The molecular formula is C29H28ClN5O3. The van der Waals surface area contributed by atoms with Crippen molar-refractivity contribution in [1.29, 1.82) is 0 Å². The summed E-state index contributed by atoms with van der Waals surface area (Å²) in [6.07, 6.45) is 2.32. The SMILES string of the molecule is CCOC(=O)c1ccc(N2N=C(C)[C@]3(Cc4ccc(Cl)cc4N4CCN(c5ccccn5)C[C@@H]43)C2=O)cc1. The summed E-state index contributed by atoms with van der Waals surface area (Å²) in [6.45, 7) is 6.15. The Morgan fingerprint density at radius 3 is 2.68 bits per heavy atom. The summed E-state index contributed by atoms with van der Waals surface area (Å²) >= 11 is 6.42. The van der Waals surface area contributed by atoms with Crippen LogP contribution in [0.3, 0.4) is 0 Å². The van der Waals surface area contributed by atoms with Gasteiger partial charge in [-0.05, 0) is 74.4 Å². The van der Waals surface area contributed by atoms with Crippen molar-refractivity contribution in [1.82, 2.24) is 4.98 Å². The van der Waals surface area contributed by atoms with Crippen LogP contribution >= 0.6 is 11.6 Å². The van der Waals surface area contributed by atoms with Gasteiger partial charge in [0.2, 0.25) is 0 Å². The molecule has 1 spiro atoms. The van der Waals surface area contributed by atoms with Crippen molar-refractivity contribution in [3.63, 3.8) is 0 Å². The van der Waals surface area contributed by atoms with Gasteiger partial charge in [0, 0.05) is 36.5 Å². The van der Waals surface area contributed by atoms with Gasteiger partial charge >= 0.3 is 5.97 Å². The number of halogens is 1. The molecule has 194 valence electrons. The zero-order valence-corrected chi connectivity index (χ0v) is 22.1. The fourth-order valence-electron chi connectivity index (χ4n) is 5.96. The number of ether oxygens (including phenoxy) is 1. The lowest BCUT2D eigenvalue weighted by Gasteiger charge is -2.53. The van der Waals surface area contributed by atoms with Crippen LogP contribution in [0.15, 0.2) is 72.0 Å². The monoisotopic (exact) mass is 529 g/mol. The predicted molar refractivity (Wildman–Crippen MR) is 148 cm³/mol. The quantitative estimate of drug-likeness (QED) is 0.461. The number of piperazine rings is 1. The van der Waals surface area contributed by atoms with Crippen LogP contribution in [-0.2, 0) is 16.0 Å². The van der Waals surface area contributed by atoms with E-state index in [4.69, 9.17) is 21.4 Å². The molecule has 2 aromatic carbocycles. The maximum Gasteiger partial charge on any atom is 0.338 e. The molecule has 1 aromatic heterocycles. The first-order valence-corrected chi connectivity index (χ1v) is 13.2. The highest BCUT2D eigenvalue weighted by atomic mass is 35.5. The molecule has 0 unspecified atom stereocenters. The number of hydrogen-bond acceptors (Lipinski definition) is 7. The molecule has 3 aromatic rings. The Bertz CT molecular complexity index is 1430. The third kappa shape index (κ3) is 3.82. The van der Waals surface area contributed by atoms with Gasteiger partial charge < -0.3 is 14.5 Å². The lowest BCUT2D eigenvalue weighted by atomic mass is 9.67. The molecule has 9 heteroatoms. The van der Waals surface area contributed by atoms with Crippen molar-refractivity contribution in [3.05, 3.63) is 83.0 Å². The lowest BCUT2D eigenvalue weighted by molar-refractivity contribution is -0.125. The van der Waals surface area contributed by atoms with E-state index in [1.54, 1.807) is 37.4 Å². The number of hydrogen-bond donors (Lipinski definition) is 0. The van der Waals surface area contributed by atoms with E-state index in [1.807, 2.05) is 43.3 Å².